The topological polar surface area (TPSA) is 29.5 Å². The van der Waals surface area contributed by atoms with E-state index in [1.54, 1.807) is 7.11 Å². The van der Waals surface area contributed by atoms with Gasteiger partial charge in [-0.3, -0.25) is 4.79 Å². The Kier molecular flexibility index (Phi) is 4.83. The van der Waals surface area contributed by atoms with Crippen molar-refractivity contribution in [2.75, 3.05) is 13.7 Å². The Morgan fingerprint density at radius 3 is 2.74 bits per heavy atom. The number of aryl methyl sites for hydroxylation is 1. The summed E-state index contributed by atoms with van der Waals surface area (Å²) in [7, 11) is 1.66. The zero-order valence-corrected chi connectivity index (χ0v) is 11.9. The lowest BCUT2D eigenvalue weighted by molar-refractivity contribution is -0.132. The summed E-state index contributed by atoms with van der Waals surface area (Å²) in [6, 6.07) is 8.44. The highest BCUT2D eigenvalue weighted by molar-refractivity contribution is 5.77. The standard InChI is InChI=1S/C16H23NO2/c1-3-14-5-4-12-17(14)16(18)11-8-13-6-9-15(19-2)10-7-13/h6-7,9-10,14H,3-5,8,11-12H2,1-2H3. The maximum absolute atomic E-state index is 12.2. The lowest BCUT2D eigenvalue weighted by atomic mass is 10.1. The Bertz CT molecular complexity index is 413. The molecule has 1 heterocycles. The van der Waals surface area contributed by atoms with E-state index in [2.05, 4.69) is 11.8 Å². The number of carbonyl (C=O) groups excluding carboxylic acids is 1. The SMILES string of the molecule is CCC1CCCN1C(=O)CCc1ccc(OC)cc1. The second-order valence-corrected chi connectivity index (χ2v) is 5.14. The Labute approximate surface area is 115 Å². The molecule has 104 valence electrons. The number of rotatable bonds is 5. The molecule has 0 aromatic heterocycles. The van der Waals surface area contributed by atoms with Crippen molar-refractivity contribution in [1.82, 2.24) is 4.90 Å². The minimum atomic E-state index is 0.306. The number of carbonyl (C=O) groups is 1. The minimum absolute atomic E-state index is 0.306. The van der Waals surface area contributed by atoms with Gasteiger partial charge >= 0.3 is 0 Å². The molecule has 0 N–H and O–H groups in total. The maximum atomic E-state index is 12.2. The van der Waals surface area contributed by atoms with Gasteiger partial charge in [0.2, 0.25) is 5.91 Å². The van der Waals surface area contributed by atoms with Crippen LogP contribution in [0.4, 0.5) is 0 Å². The molecule has 1 aromatic rings. The first-order valence-corrected chi connectivity index (χ1v) is 7.17. The lowest BCUT2D eigenvalue weighted by Crippen LogP contribution is -2.35. The van der Waals surface area contributed by atoms with Crippen molar-refractivity contribution in [2.24, 2.45) is 0 Å². The number of amides is 1. The number of nitrogens with zero attached hydrogens (tertiary/aromatic N) is 1. The number of hydrogen-bond donors (Lipinski definition) is 0. The molecule has 1 unspecified atom stereocenters. The minimum Gasteiger partial charge on any atom is -0.497 e. The monoisotopic (exact) mass is 261 g/mol. The van der Waals surface area contributed by atoms with Gasteiger partial charge in [-0.15, -0.1) is 0 Å². The molecule has 1 atom stereocenters. The first-order valence-electron chi connectivity index (χ1n) is 7.17. The van der Waals surface area contributed by atoms with E-state index < -0.39 is 0 Å². The third-order valence-electron chi connectivity index (χ3n) is 3.96. The van der Waals surface area contributed by atoms with E-state index in [1.807, 2.05) is 24.3 Å². The van der Waals surface area contributed by atoms with Gasteiger partial charge in [-0.2, -0.15) is 0 Å². The molecule has 1 fully saturated rings. The van der Waals surface area contributed by atoms with Gasteiger partial charge in [-0.05, 0) is 43.4 Å². The number of ether oxygens (including phenoxy) is 1. The van der Waals surface area contributed by atoms with Crippen molar-refractivity contribution < 1.29 is 9.53 Å². The summed E-state index contributed by atoms with van der Waals surface area (Å²) >= 11 is 0. The van der Waals surface area contributed by atoms with Gasteiger partial charge in [0.1, 0.15) is 5.75 Å². The van der Waals surface area contributed by atoms with Crippen molar-refractivity contribution in [3.8, 4) is 5.75 Å². The third-order valence-corrected chi connectivity index (χ3v) is 3.96. The molecule has 0 spiro atoms. The summed E-state index contributed by atoms with van der Waals surface area (Å²) in [6.07, 6.45) is 4.84. The predicted molar refractivity (Wildman–Crippen MR) is 76.3 cm³/mol. The quantitative estimate of drug-likeness (QED) is 0.815. The Balaban J connectivity index is 1.85. The molecule has 1 saturated heterocycles. The highest BCUT2D eigenvalue weighted by atomic mass is 16.5. The van der Waals surface area contributed by atoms with Crippen molar-refractivity contribution in [2.45, 2.75) is 45.1 Å². The van der Waals surface area contributed by atoms with Crippen LogP contribution < -0.4 is 4.74 Å². The molecule has 1 amide bonds. The van der Waals surface area contributed by atoms with E-state index in [1.165, 1.54) is 12.0 Å². The first kappa shape index (κ1) is 13.9. The van der Waals surface area contributed by atoms with Crippen LogP contribution in [0.2, 0.25) is 0 Å². The first-order chi connectivity index (χ1) is 9.24. The van der Waals surface area contributed by atoms with Crippen molar-refractivity contribution in [1.29, 1.82) is 0 Å². The second-order valence-electron chi connectivity index (χ2n) is 5.14. The van der Waals surface area contributed by atoms with Crippen molar-refractivity contribution >= 4 is 5.91 Å². The Morgan fingerprint density at radius 2 is 2.11 bits per heavy atom. The fraction of sp³-hybridized carbons (Fsp3) is 0.562. The molecule has 0 bridgehead atoms. The fourth-order valence-electron chi connectivity index (χ4n) is 2.78. The van der Waals surface area contributed by atoms with Crippen LogP contribution in [0.25, 0.3) is 0 Å². The average Bonchev–Trinajstić information content (AvgIpc) is 2.93. The maximum Gasteiger partial charge on any atom is 0.223 e. The summed E-state index contributed by atoms with van der Waals surface area (Å²) in [4.78, 5) is 14.3. The van der Waals surface area contributed by atoms with Gasteiger partial charge in [0, 0.05) is 19.0 Å². The Hall–Kier alpha value is -1.51. The van der Waals surface area contributed by atoms with E-state index in [-0.39, 0.29) is 0 Å². The average molecular weight is 261 g/mol. The van der Waals surface area contributed by atoms with Crippen LogP contribution in [0.3, 0.4) is 0 Å². The van der Waals surface area contributed by atoms with E-state index >= 15 is 0 Å². The van der Waals surface area contributed by atoms with Crippen molar-refractivity contribution in [3.05, 3.63) is 29.8 Å². The van der Waals surface area contributed by atoms with E-state index in [0.717, 1.165) is 31.6 Å². The number of methoxy groups -OCH3 is 1. The normalized spacial score (nSPS) is 18.6. The number of hydrogen-bond acceptors (Lipinski definition) is 2. The van der Waals surface area contributed by atoms with Gasteiger partial charge in [-0.25, -0.2) is 0 Å². The number of likely N-dealkylation sites (tertiary alicyclic amines) is 1. The number of benzene rings is 1. The summed E-state index contributed by atoms with van der Waals surface area (Å²) < 4.78 is 5.13. The molecule has 0 radical (unpaired) electrons. The molecule has 0 saturated carbocycles. The molecule has 19 heavy (non-hydrogen) atoms. The van der Waals surface area contributed by atoms with Crippen LogP contribution in [-0.2, 0) is 11.2 Å². The van der Waals surface area contributed by atoms with Crippen LogP contribution in [0.15, 0.2) is 24.3 Å². The van der Waals surface area contributed by atoms with E-state index in [0.29, 0.717) is 18.4 Å². The van der Waals surface area contributed by atoms with E-state index in [4.69, 9.17) is 4.74 Å². The highest BCUT2D eigenvalue weighted by Gasteiger charge is 2.26. The summed E-state index contributed by atoms with van der Waals surface area (Å²) in [5, 5.41) is 0. The van der Waals surface area contributed by atoms with Crippen LogP contribution in [-0.4, -0.2) is 30.5 Å². The van der Waals surface area contributed by atoms with Crippen molar-refractivity contribution in [3.63, 3.8) is 0 Å². The van der Waals surface area contributed by atoms with E-state index in [9.17, 15) is 4.79 Å². The molecular weight excluding hydrogens is 238 g/mol. The van der Waals surface area contributed by atoms with Gasteiger partial charge in [0.15, 0.2) is 0 Å². The van der Waals surface area contributed by atoms with Crippen LogP contribution >= 0.6 is 0 Å². The molecule has 0 aliphatic carbocycles. The van der Waals surface area contributed by atoms with Crippen LogP contribution in [0, 0.1) is 0 Å². The summed E-state index contributed by atoms with van der Waals surface area (Å²) in [6.45, 7) is 3.11. The zero-order chi connectivity index (χ0) is 13.7. The van der Waals surface area contributed by atoms with Crippen LogP contribution in [0.5, 0.6) is 5.75 Å². The molecule has 1 aliphatic heterocycles. The zero-order valence-electron chi connectivity index (χ0n) is 11.9. The highest BCUT2D eigenvalue weighted by Crippen LogP contribution is 2.21. The van der Waals surface area contributed by atoms with Gasteiger partial charge < -0.3 is 9.64 Å². The Morgan fingerprint density at radius 1 is 1.37 bits per heavy atom. The largest absolute Gasteiger partial charge is 0.497 e. The van der Waals surface area contributed by atoms with Gasteiger partial charge in [0.25, 0.3) is 0 Å². The molecule has 3 nitrogen and oxygen atoms in total. The third kappa shape index (κ3) is 3.49. The summed E-state index contributed by atoms with van der Waals surface area (Å²) in [5.41, 5.74) is 1.20. The molecule has 2 rings (SSSR count). The molecular formula is C16H23NO2. The molecule has 1 aromatic carbocycles. The molecule has 3 heteroatoms. The van der Waals surface area contributed by atoms with Gasteiger partial charge in [-0.1, -0.05) is 19.1 Å². The van der Waals surface area contributed by atoms with Crippen LogP contribution in [0.1, 0.15) is 38.2 Å². The smallest absolute Gasteiger partial charge is 0.223 e. The lowest BCUT2D eigenvalue weighted by Gasteiger charge is -2.23. The second kappa shape index (κ2) is 6.60. The summed E-state index contributed by atoms with van der Waals surface area (Å²) in [5.74, 6) is 1.17. The van der Waals surface area contributed by atoms with Gasteiger partial charge in [0.05, 0.1) is 7.11 Å². The predicted octanol–water partition coefficient (Wildman–Crippen LogP) is 3.03. The molecule has 1 aliphatic rings. The fourth-order valence-corrected chi connectivity index (χ4v) is 2.78.